The first-order chi connectivity index (χ1) is 16.0. The molecule has 0 bridgehead atoms. The minimum absolute atomic E-state index is 0.00163. The molecule has 6 heteroatoms. The van der Waals surface area contributed by atoms with E-state index in [2.05, 4.69) is 33.1 Å². The highest BCUT2D eigenvalue weighted by Crippen LogP contribution is 2.25. The number of carbonyl (C=O) groups excluding carboxylic acids is 1. The van der Waals surface area contributed by atoms with Crippen LogP contribution in [0.3, 0.4) is 0 Å². The van der Waals surface area contributed by atoms with Crippen LogP contribution in [0, 0.1) is 0 Å². The molecule has 4 rings (SSSR count). The Morgan fingerprint density at radius 1 is 0.970 bits per heavy atom. The molecule has 0 spiro atoms. The van der Waals surface area contributed by atoms with Crippen LogP contribution < -0.4 is 4.74 Å². The predicted molar refractivity (Wildman–Crippen MR) is 132 cm³/mol. The minimum Gasteiger partial charge on any atom is -0.497 e. The number of nitrogens with zero attached hydrogens (tertiary/aromatic N) is 3. The molecule has 1 N–H and O–H groups in total. The maximum absolute atomic E-state index is 13.5. The van der Waals surface area contributed by atoms with E-state index in [-0.39, 0.29) is 5.91 Å². The molecule has 1 amide bonds. The monoisotopic (exact) mass is 442 g/mol. The fourth-order valence-corrected chi connectivity index (χ4v) is 3.96. The van der Waals surface area contributed by atoms with Crippen LogP contribution in [0.15, 0.2) is 73.1 Å². The molecule has 0 fully saturated rings. The molecule has 33 heavy (non-hydrogen) atoms. The van der Waals surface area contributed by atoms with Crippen molar-refractivity contribution >= 4 is 16.8 Å². The number of nitrogens with one attached hydrogen (secondary N) is 1. The lowest BCUT2D eigenvalue weighted by atomic mass is 10.1. The van der Waals surface area contributed by atoms with Gasteiger partial charge in [-0.2, -0.15) is 0 Å². The Balaban J connectivity index is 1.59. The number of rotatable bonds is 9. The quantitative estimate of drug-likeness (QED) is 0.403. The van der Waals surface area contributed by atoms with Gasteiger partial charge in [0.15, 0.2) is 0 Å². The fraction of sp³-hybridized carbons (Fsp3) is 0.259. The van der Waals surface area contributed by atoms with Gasteiger partial charge in [0.25, 0.3) is 5.91 Å². The van der Waals surface area contributed by atoms with Crippen molar-refractivity contribution in [2.75, 3.05) is 34.3 Å². The molecule has 2 aromatic heterocycles. The van der Waals surface area contributed by atoms with Crippen molar-refractivity contribution in [3.63, 3.8) is 0 Å². The summed E-state index contributed by atoms with van der Waals surface area (Å²) >= 11 is 0. The fourth-order valence-electron chi connectivity index (χ4n) is 3.96. The highest BCUT2D eigenvalue weighted by atomic mass is 16.5. The summed E-state index contributed by atoms with van der Waals surface area (Å²) in [7, 11) is 5.75. The van der Waals surface area contributed by atoms with Crippen LogP contribution in [-0.4, -0.2) is 60.0 Å². The van der Waals surface area contributed by atoms with E-state index in [1.54, 1.807) is 19.5 Å². The summed E-state index contributed by atoms with van der Waals surface area (Å²) < 4.78 is 5.36. The van der Waals surface area contributed by atoms with Crippen LogP contribution >= 0.6 is 0 Å². The highest BCUT2D eigenvalue weighted by molar-refractivity contribution is 5.98. The molecule has 0 unspecified atom stereocenters. The lowest BCUT2D eigenvalue weighted by molar-refractivity contribution is 0.0732. The first kappa shape index (κ1) is 22.6. The SMILES string of the molecule is COc1cccc(CN(CCCN(C)C)C(=O)c2cc3ccc(-c4ccncc4)cc3[nH]2)c1. The van der Waals surface area contributed by atoms with Gasteiger partial charge in [0.1, 0.15) is 11.4 Å². The van der Waals surface area contributed by atoms with Crippen molar-refractivity contribution in [3.8, 4) is 16.9 Å². The van der Waals surface area contributed by atoms with E-state index in [0.717, 1.165) is 46.3 Å². The number of amides is 1. The zero-order valence-electron chi connectivity index (χ0n) is 19.4. The van der Waals surface area contributed by atoms with Gasteiger partial charge >= 0.3 is 0 Å². The number of hydrogen-bond acceptors (Lipinski definition) is 4. The van der Waals surface area contributed by atoms with Gasteiger partial charge in [0.2, 0.25) is 0 Å². The molecule has 0 aliphatic heterocycles. The maximum Gasteiger partial charge on any atom is 0.270 e. The summed E-state index contributed by atoms with van der Waals surface area (Å²) in [5, 5.41) is 1.02. The van der Waals surface area contributed by atoms with Gasteiger partial charge < -0.3 is 19.5 Å². The number of pyridine rings is 1. The van der Waals surface area contributed by atoms with Crippen LogP contribution in [-0.2, 0) is 6.54 Å². The summed E-state index contributed by atoms with van der Waals surface area (Å²) in [6.07, 6.45) is 4.47. The Bertz CT molecular complexity index is 1220. The molecule has 6 nitrogen and oxygen atoms in total. The third-order valence-corrected chi connectivity index (χ3v) is 5.69. The van der Waals surface area contributed by atoms with Gasteiger partial charge in [-0.25, -0.2) is 0 Å². The third-order valence-electron chi connectivity index (χ3n) is 5.69. The van der Waals surface area contributed by atoms with Gasteiger partial charge in [-0.15, -0.1) is 0 Å². The Labute approximate surface area is 194 Å². The van der Waals surface area contributed by atoms with Crippen molar-refractivity contribution in [2.45, 2.75) is 13.0 Å². The lowest BCUT2D eigenvalue weighted by Crippen LogP contribution is -2.33. The van der Waals surface area contributed by atoms with Gasteiger partial charge in [-0.1, -0.05) is 24.3 Å². The summed E-state index contributed by atoms with van der Waals surface area (Å²) in [5.41, 5.74) is 4.78. The molecule has 0 aliphatic carbocycles. The number of aromatic amines is 1. The lowest BCUT2D eigenvalue weighted by Gasteiger charge is -2.23. The van der Waals surface area contributed by atoms with E-state index in [4.69, 9.17) is 4.74 Å². The molecule has 0 radical (unpaired) electrons. The Morgan fingerprint density at radius 3 is 2.55 bits per heavy atom. The molecule has 170 valence electrons. The number of methoxy groups -OCH3 is 1. The van der Waals surface area contributed by atoms with Gasteiger partial charge in [-0.05, 0) is 80.1 Å². The number of benzene rings is 2. The Kier molecular flexibility index (Phi) is 7.05. The standard InChI is InChI=1S/C27H30N4O2/c1-30(2)14-5-15-31(19-20-6-4-7-24(16-20)33-3)27(32)26-18-23-9-8-22(17-25(23)29-26)21-10-12-28-13-11-21/h4,6-13,16-18,29H,5,14-15,19H2,1-3H3. The first-order valence-electron chi connectivity index (χ1n) is 11.1. The molecular weight excluding hydrogens is 412 g/mol. The molecular formula is C27H30N4O2. The predicted octanol–water partition coefficient (Wildman–Crippen LogP) is 4.83. The summed E-state index contributed by atoms with van der Waals surface area (Å²) in [5.74, 6) is 0.792. The molecule has 0 aliphatic rings. The molecule has 0 atom stereocenters. The summed E-state index contributed by atoms with van der Waals surface area (Å²) in [4.78, 5) is 25.0. The van der Waals surface area contributed by atoms with Gasteiger partial charge in [0, 0.05) is 36.4 Å². The van der Waals surface area contributed by atoms with Crippen LogP contribution in [0.2, 0.25) is 0 Å². The number of hydrogen-bond donors (Lipinski definition) is 1. The van der Waals surface area contributed by atoms with E-state index >= 15 is 0 Å². The van der Waals surface area contributed by atoms with Crippen molar-refractivity contribution < 1.29 is 9.53 Å². The van der Waals surface area contributed by atoms with Crippen LogP contribution in [0.4, 0.5) is 0 Å². The Hall–Kier alpha value is -3.64. The van der Waals surface area contributed by atoms with Crippen LogP contribution in [0.25, 0.3) is 22.0 Å². The van der Waals surface area contributed by atoms with Crippen LogP contribution in [0.1, 0.15) is 22.5 Å². The molecule has 0 saturated carbocycles. The first-order valence-corrected chi connectivity index (χ1v) is 11.1. The number of fused-ring (bicyclic) bond motifs is 1. The third kappa shape index (κ3) is 5.59. The van der Waals surface area contributed by atoms with Crippen molar-refractivity contribution in [1.82, 2.24) is 19.8 Å². The number of H-pyrrole nitrogens is 1. The average molecular weight is 443 g/mol. The molecule has 2 heterocycles. The van der Waals surface area contributed by atoms with Crippen molar-refractivity contribution in [3.05, 3.63) is 84.3 Å². The van der Waals surface area contributed by atoms with E-state index in [1.807, 2.05) is 61.5 Å². The average Bonchev–Trinajstić information content (AvgIpc) is 3.27. The second kappa shape index (κ2) is 10.3. The van der Waals surface area contributed by atoms with Crippen LogP contribution in [0.5, 0.6) is 5.75 Å². The smallest absolute Gasteiger partial charge is 0.270 e. The number of carbonyl (C=O) groups is 1. The second-order valence-corrected chi connectivity index (χ2v) is 8.46. The van der Waals surface area contributed by atoms with E-state index in [0.29, 0.717) is 18.8 Å². The Morgan fingerprint density at radius 2 is 1.79 bits per heavy atom. The van der Waals surface area contributed by atoms with E-state index in [9.17, 15) is 4.79 Å². The maximum atomic E-state index is 13.5. The topological polar surface area (TPSA) is 61.5 Å². The largest absolute Gasteiger partial charge is 0.497 e. The van der Waals surface area contributed by atoms with Gasteiger partial charge in [-0.3, -0.25) is 9.78 Å². The van der Waals surface area contributed by atoms with Crippen molar-refractivity contribution in [2.24, 2.45) is 0 Å². The summed E-state index contributed by atoms with van der Waals surface area (Å²) in [6.45, 7) is 2.12. The number of ether oxygens (including phenoxy) is 1. The molecule has 0 saturated heterocycles. The zero-order chi connectivity index (χ0) is 23.2. The van der Waals surface area contributed by atoms with E-state index < -0.39 is 0 Å². The normalized spacial score (nSPS) is 11.2. The van der Waals surface area contributed by atoms with Gasteiger partial charge in [0.05, 0.1) is 7.11 Å². The van der Waals surface area contributed by atoms with E-state index in [1.165, 1.54) is 0 Å². The minimum atomic E-state index is -0.00163. The molecule has 2 aromatic carbocycles. The molecule has 4 aromatic rings. The highest BCUT2D eigenvalue weighted by Gasteiger charge is 2.19. The summed E-state index contributed by atoms with van der Waals surface area (Å²) in [6, 6.07) is 20.0. The van der Waals surface area contributed by atoms with Crippen molar-refractivity contribution in [1.29, 1.82) is 0 Å². The zero-order valence-corrected chi connectivity index (χ0v) is 19.4. The number of aromatic nitrogens is 2. The second-order valence-electron chi connectivity index (χ2n) is 8.46.